The van der Waals surface area contributed by atoms with Crippen LogP contribution < -0.4 is 5.84 Å². The SMILES string of the molecule is CC(=O)O[C@H]1[C@H](C(c2ccccc2)(c2ccccc2)c2ccccc2)C(=O)N1N. The molecule has 5 nitrogen and oxygen atoms in total. The summed E-state index contributed by atoms with van der Waals surface area (Å²) < 4.78 is 5.49. The van der Waals surface area contributed by atoms with E-state index in [1.54, 1.807) is 0 Å². The van der Waals surface area contributed by atoms with Crippen LogP contribution in [0.25, 0.3) is 0 Å². The lowest BCUT2D eigenvalue weighted by atomic mass is 9.58. The first-order valence-electron chi connectivity index (χ1n) is 9.48. The van der Waals surface area contributed by atoms with E-state index in [-0.39, 0.29) is 5.91 Å². The van der Waals surface area contributed by atoms with E-state index in [4.69, 9.17) is 10.6 Å². The number of carbonyl (C=O) groups is 2. The topological polar surface area (TPSA) is 72.6 Å². The second-order valence-electron chi connectivity index (χ2n) is 7.13. The highest BCUT2D eigenvalue weighted by atomic mass is 16.6. The van der Waals surface area contributed by atoms with Crippen molar-refractivity contribution in [1.82, 2.24) is 5.01 Å². The third kappa shape index (κ3) is 3.00. The van der Waals surface area contributed by atoms with Gasteiger partial charge < -0.3 is 4.74 Å². The number of β-lactam (4-membered cyclic amide) rings is 1. The largest absolute Gasteiger partial charge is 0.439 e. The second kappa shape index (κ2) is 7.53. The van der Waals surface area contributed by atoms with E-state index in [1.807, 2.05) is 91.0 Å². The summed E-state index contributed by atoms with van der Waals surface area (Å²) in [7, 11) is 0. The predicted molar refractivity (Wildman–Crippen MR) is 109 cm³/mol. The van der Waals surface area contributed by atoms with E-state index >= 15 is 0 Å². The summed E-state index contributed by atoms with van der Waals surface area (Å²) in [6.07, 6.45) is -0.861. The van der Waals surface area contributed by atoms with Gasteiger partial charge in [0.25, 0.3) is 0 Å². The standard InChI is InChI=1S/C24H22N2O3/c1-17(27)29-23-21(22(28)26(23)25)24(18-11-5-2-6-12-18,19-13-7-3-8-14-19)20-15-9-4-10-16-20/h2-16,21,23H,25H2,1H3/t21-,23+/m1/s1. The van der Waals surface area contributed by atoms with Gasteiger partial charge in [-0.2, -0.15) is 0 Å². The summed E-state index contributed by atoms with van der Waals surface area (Å²) in [6, 6.07) is 29.5. The maximum Gasteiger partial charge on any atom is 0.304 e. The molecule has 0 bridgehead atoms. The van der Waals surface area contributed by atoms with E-state index in [1.165, 1.54) is 6.92 Å². The van der Waals surface area contributed by atoms with E-state index in [0.29, 0.717) is 0 Å². The molecule has 0 radical (unpaired) electrons. The van der Waals surface area contributed by atoms with Gasteiger partial charge in [0.2, 0.25) is 12.1 Å². The fraction of sp³-hybridized carbons (Fsp3) is 0.167. The number of rotatable bonds is 5. The van der Waals surface area contributed by atoms with Crippen molar-refractivity contribution in [3.8, 4) is 0 Å². The van der Waals surface area contributed by atoms with Gasteiger partial charge in [0, 0.05) is 6.92 Å². The summed E-state index contributed by atoms with van der Waals surface area (Å²) in [6.45, 7) is 1.32. The molecular formula is C24H22N2O3. The van der Waals surface area contributed by atoms with E-state index < -0.39 is 23.5 Å². The van der Waals surface area contributed by atoms with Crippen LogP contribution in [-0.4, -0.2) is 23.1 Å². The lowest BCUT2D eigenvalue weighted by Gasteiger charge is -2.52. The number of carbonyl (C=O) groups excluding carboxylic acids is 2. The lowest BCUT2D eigenvalue weighted by Crippen LogP contribution is -2.71. The van der Waals surface area contributed by atoms with E-state index in [2.05, 4.69) is 0 Å². The number of hydrogen-bond acceptors (Lipinski definition) is 4. The molecule has 2 N–H and O–H groups in total. The van der Waals surface area contributed by atoms with Gasteiger partial charge in [-0.1, -0.05) is 91.0 Å². The summed E-state index contributed by atoms with van der Waals surface area (Å²) in [5.74, 6) is 4.50. The highest BCUT2D eigenvalue weighted by Gasteiger charge is 2.61. The number of benzene rings is 3. The molecule has 0 aromatic heterocycles. The summed E-state index contributed by atoms with van der Waals surface area (Å²) >= 11 is 0. The molecule has 0 aliphatic carbocycles. The maximum atomic E-state index is 13.1. The third-order valence-corrected chi connectivity index (χ3v) is 5.52. The maximum absolute atomic E-state index is 13.1. The van der Waals surface area contributed by atoms with Crippen LogP contribution in [0.1, 0.15) is 23.6 Å². The van der Waals surface area contributed by atoms with Gasteiger partial charge in [-0.05, 0) is 16.7 Å². The molecule has 1 amide bonds. The Labute approximate surface area is 169 Å². The molecule has 3 aromatic rings. The minimum atomic E-state index is -0.864. The van der Waals surface area contributed by atoms with Crippen LogP contribution in [0, 0.1) is 5.92 Å². The van der Waals surface area contributed by atoms with Crippen molar-refractivity contribution in [3.05, 3.63) is 108 Å². The van der Waals surface area contributed by atoms with Gasteiger partial charge in [0.1, 0.15) is 5.92 Å². The molecule has 3 aromatic carbocycles. The van der Waals surface area contributed by atoms with Crippen LogP contribution in [0.5, 0.6) is 0 Å². The molecular weight excluding hydrogens is 364 g/mol. The number of nitrogens with two attached hydrogens (primary N) is 1. The van der Waals surface area contributed by atoms with Crippen LogP contribution in [-0.2, 0) is 19.7 Å². The fourth-order valence-electron chi connectivity index (χ4n) is 4.32. The van der Waals surface area contributed by atoms with Gasteiger partial charge in [0.15, 0.2) is 0 Å². The first-order valence-corrected chi connectivity index (χ1v) is 9.48. The first kappa shape index (κ1) is 18.9. The van der Waals surface area contributed by atoms with Crippen molar-refractivity contribution in [1.29, 1.82) is 0 Å². The van der Waals surface area contributed by atoms with Crippen molar-refractivity contribution in [2.24, 2.45) is 11.8 Å². The van der Waals surface area contributed by atoms with Crippen molar-refractivity contribution in [3.63, 3.8) is 0 Å². The number of amides is 1. The molecule has 0 spiro atoms. The molecule has 146 valence electrons. The molecule has 1 aliphatic rings. The van der Waals surface area contributed by atoms with Gasteiger partial charge in [0.05, 0.1) is 5.41 Å². The molecule has 29 heavy (non-hydrogen) atoms. The van der Waals surface area contributed by atoms with Gasteiger partial charge in [-0.25, -0.2) is 10.9 Å². The number of nitrogens with zero attached hydrogens (tertiary/aromatic N) is 1. The third-order valence-electron chi connectivity index (χ3n) is 5.52. The normalized spacial score (nSPS) is 18.8. The summed E-state index contributed by atoms with van der Waals surface area (Å²) in [4.78, 5) is 24.9. The van der Waals surface area contributed by atoms with Crippen LogP contribution in [0.2, 0.25) is 0 Å². The van der Waals surface area contributed by atoms with Crippen molar-refractivity contribution in [2.45, 2.75) is 18.6 Å². The second-order valence-corrected chi connectivity index (χ2v) is 7.13. The Kier molecular flexibility index (Phi) is 4.91. The molecule has 5 heteroatoms. The fourth-order valence-corrected chi connectivity index (χ4v) is 4.32. The molecule has 0 unspecified atom stereocenters. The average molecular weight is 386 g/mol. The van der Waals surface area contributed by atoms with Gasteiger partial charge >= 0.3 is 5.97 Å². The number of esters is 1. The number of hydrazine groups is 1. The minimum absolute atomic E-state index is 0.271. The monoisotopic (exact) mass is 386 g/mol. The van der Waals surface area contributed by atoms with Gasteiger partial charge in [-0.3, -0.25) is 9.59 Å². The summed E-state index contributed by atoms with van der Waals surface area (Å²) in [5, 5.41) is 1.01. The Balaban J connectivity index is 2.03. The number of hydrogen-bond donors (Lipinski definition) is 1. The van der Waals surface area contributed by atoms with Crippen molar-refractivity contribution in [2.75, 3.05) is 0 Å². The highest BCUT2D eigenvalue weighted by Crippen LogP contribution is 2.51. The van der Waals surface area contributed by atoms with Crippen molar-refractivity contribution >= 4 is 11.9 Å². The van der Waals surface area contributed by atoms with Gasteiger partial charge in [-0.15, -0.1) is 0 Å². The van der Waals surface area contributed by atoms with E-state index in [9.17, 15) is 9.59 Å². The zero-order chi connectivity index (χ0) is 20.4. The Bertz CT molecular complexity index is 909. The zero-order valence-corrected chi connectivity index (χ0v) is 16.1. The molecule has 1 saturated heterocycles. The van der Waals surface area contributed by atoms with Crippen LogP contribution in [0.3, 0.4) is 0 Å². The lowest BCUT2D eigenvalue weighted by molar-refractivity contribution is -0.203. The van der Waals surface area contributed by atoms with Crippen molar-refractivity contribution < 1.29 is 14.3 Å². The highest BCUT2D eigenvalue weighted by molar-refractivity contribution is 5.89. The average Bonchev–Trinajstić information content (AvgIpc) is 2.77. The predicted octanol–water partition coefficient (Wildman–Crippen LogP) is 3.24. The van der Waals surface area contributed by atoms with Crippen LogP contribution in [0.15, 0.2) is 91.0 Å². The Morgan fingerprint density at radius 3 is 1.55 bits per heavy atom. The zero-order valence-electron chi connectivity index (χ0n) is 16.1. The van der Waals surface area contributed by atoms with Crippen LogP contribution >= 0.6 is 0 Å². The minimum Gasteiger partial charge on any atom is -0.439 e. The quantitative estimate of drug-likeness (QED) is 0.240. The molecule has 2 atom stereocenters. The smallest absolute Gasteiger partial charge is 0.304 e. The Hall–Kier alpha value is -3.44. The Morgan fingerprint density at radius 1 is 0.828 bits per heavy atom. The molecule has 0 saturated carbocycles. The van der Waals surface area contributed by atoms with E-state index in [0.717, 1.165) is 21.7 Å². The molecule has 4 rings (SSSR count). The summed E-state index contributed by atoms with van der Waals surface area (Å²) in [5.41, 5.74) is 1.93. The molecule has 1 fully saturated rings. The van der Waals surface area contributed by atoms with Crippen LogP contribution in [0.4, 0.5) is 0 Å². The molecule has 1 heterocycles. The Morgan fingerprint density at radius 2 is 1.21 bits per heavy atom. The first-order chi connectivity index (χ1) is 14.1. The molecule has 1 aliphatic heterocycles. The number of ether oxygens (including phenoxy) is 1.